The van der Waals surface area contributed by atoms with Crippen molar-refractivity contribution in [3.63, 3.8) is 0 Å². The maximum atomic E-state index is 12.6. The van der Waals surface area contributed by atoms with Gasteiger partial charge in [-0.3, -0.25) is 9.59 Å². The van der Waals surface area contributed by atoms with E-state index in [1.807, 2.05) is 4.90 Å². The first kappa shape index (κ1) is 17.9. The SMILES string of the molecule is Cc1ccc(CN2CCC(Nc3ccc(C(=O)N(C)C)cn3)C2=O)cc1. The van der Waals surface area contributed by atoms with E-state index in [0.717, 1.165) is 18.5 Å². The molecule has 1 saturated heterocycles. The number of anilines is 1. The fraction of sp³-hybridized carbons (Fsp3) is 0.350. The van der Waals surface area contributed by atoms with Crippen LogP contribution >= 0.6 is 0 Å². The van der Waals surface area contributed by atoms with E-state index in [9.17, 15) is 9.59 Å². The van der Waals surface area contributed by atoms with Gasteiger partial charge in [0.05, 0.1) is 5.56 Å². The highest BCUT2D eigenvalue weighted by Crippen LogP contribution is 2.19. The first-order valence-electron chi connectivity index (χ1n) is 8.72. The van der Waals surface area contributed by atoms with Crippen LogP contribution in [0.1, 0.15) is 27.9 Å². The molecule has 0 saturated carbocycles. The number of amides is 2. The van der Waals surface area contributed by atoms with Crippen molar-refractivity contribution < 1.29 is 9.59 Å². The number of hydrogen-bond acceptors (Lipinski definition) is 4. The fourth-order valence-corrected chi connectivity index (χ4v) is 2.99. The number of likely N-dealkylation sites (tertiary alicyclic amines) is 1. The molecule has 136 valence electrons. The quantitative estimate of drug-likeness (QED) is 0.897. The van der Waals surface area contributed by atoms with Crippen molar-refractivity contribution in [1.82, 2.24) is 14.8 Å². The van der Waals surface area contributed by atoms with E-state index in [1.54, 1.807) is 26.2 Å². The minimum absolute atomic E-state index is 0.0841. The average Bonchev–Trinajstić information content (AvgIpc) is 2.97. The highest BCUT2D eigenvalue weighted by atomic mass is 16.2. The summed E-state index contributed by atoms with van der Waals surface area (Å²) in [6.45, 7) is 3.40. The highest BCUT2D eigenvalue weighted by molar-refractivity contribution is 5.93. The Morgan fingerprint density at radius 2 is 1.96 bits per heavy atom. The fourth-order valence-electron chi connectivity index (χ4n) is 2.99. The second-order valence-corrected chi connectivity index (χ2v) is 6.86. The first-order chi connectivity index (χ1) is 12.4. The van der Waals surface area contributed by atoms with Gasteiger partial charge in [0.2, 0.25) is 5.91 Å². The smallest absolute Gasteiger partial charge is 0.254 e. The number of rotatable bonds is 5. The predicted molar refractivity (Wildman–Crippen MR) is 101 cm³/mol. The Morgan fingerprint density at radius 1 is 1.23 bits per heavy atom. The van der Waals surface area contributed by atoms with E-state index in [1.165, 1.54) is 16.7 Å². The Hall–Kier alpha value is -2.89. The van der Waals surface area contributed by atoms with Crippen molar-refractivity contribution in [1.29, 1.82) is 0 Å². The van der Waals surface area contributed by atoms with Gasteiger partial charge in [0.25, 0.3) is 5.91 Å². The van der Waals surface area contributed by atoms with E-state index in [-0.39, 0.29) is 17.9 Å². The molecule has 1 N–H and O–H groups in total. The maximum absolute atomic E-state index is 12.6. The Kier molecular flexibility index (Phi) is 5.21. The van der Waals surface area contributed by atoms with Gasteiger partial charge < -0.3 is 15.1 Å². The van der Waals surface area contributed by atoms with Crippen molar-refractivity contribution in [2.24, 2.45) is 0 Å². The monoisotopic (exact) mass is 352 g/mol. The maximum Gasteiger partial charge on any atom is 0.254 e. The van der Waals surface area contributed by atoms with Crippen LogP contribution in [0.3, 0.4) is 0 Å². The standard InChI is InChI=1S/C20H24N4O2/c1-14-4-6-15(7-5-14)13-24-11-10-17(20(24)26)22-18-9-8-16(12-21-18)19(25)23(2)3/h4-9,12,17H,10-11,13H2,1-3H3,(H,21,22). The lowest BCUT2D eigenvalue weighted by molar-refractivity contribution is -0.128. The molecule has 1 aliphatic heterocycles. The van der Waals surface area contributed by atoms with Crippen LogP contribution in [0.25, 0.3) is 0 Å². The van der Waals surface area contributed by atoms with Crippen molar-refractivity contribution in [2.75, 3.05) is 26.0 Å². The molecule has 0 aliphatic carbocycles. The zero-order valence-corrected chi connectivity index (χ0v) is 15.4. The van der Waals surface area contributed by atoms with E-state index >= 15 is 0 Å². The molecule has 2 amide bonds. The molecule has 6 heteroatoms. The van der Waals surface area contributed by atoms with Crippen molar-refractivity contribution in [3.8, 4) is 0 Å². The molecule has 1 unspecified atom stereocenters. The molecule has 0 bridgehead atoms. The third-order valence-corrected chi connectivity index (χ3v) is 4.53. The number of carbonyl (C=O) groups is 2. The second kappa shape index (κ2) is 7.56. The van der Waals surface area contributed by atoms with E-state index in [0.29, 0.717) is 17.9 Å². The zero-order chi connectivity index (χ0) is 18.7. The summed E-state index contributed by atoms with van der Waals surface area (Å²) >= 11 is 0. The second-order valence-electron chi connectivity index (χ2n) is 6.86. The average molecular weight is 352 g/mol. The predicted octanol–water partition coefficient (Wildman–Crippen LogP) is 2.30. The molecule has 3 rings (SSSR count). The Bertz CT molecular complexity index is 784. The van der Waals surface area contributed by atoms with Gasteiger partial charge in [0.1, 0.15) is 11.9 Å². The largest absolute Gasteiger partial charge is 0.358 e. The lowest BCUT2D eigenvalue weighted by atomic mass is 10.1. The Morgan fingerprint density at radius 3 is 2.58 bits per heavy atom. The van der Waals surface area contributed by atoms with Gasteiger partial charge >= 0.3 is 0 Å². The van der Waals surface area contributed by atoms with Crippen LogP contribution < -0.4 is 5.32 Å². The van der Waals surface area contributed by atoms with Crippen LogP contribution in [0.5, 0.6) is 0 Å². The zero-order valence-electron chi connectivity index (χ0n) is 15.4. The molecule has 6 nitrogen and oxygen atoms in total. The lowest BCUT2D eigenvalue weighted by Gasteiger charge is -2.18. The van der Waals surface area contributed by atoms with Crippen molar-refractivity contribution in [3.05, 3.63) is 59.3 Å². The molecule has 2 aromatic rings. The van der Waals surface area contributed by atoms with Crippen LogP contribution in [0.4, 0.5) is 5.82 Å². The summed E-state index contributed by atoms with van der Waals surface area (Å²) in [5.41, 5.74) is 2.87. The van der Waals surface area contributed by atoms with Gasteiger partial charge in [0.15, 0.2) is 0 Å². The number of hydrogen-bond donors (Lipinski definition) is 1. The molecule has 2 heterocycles. The van der Waals surface area contributed by atoms with Gasteiger partial charge in [-0.05, 0) is 31.0 Å². The Balaban J connectivity index is 1.60. The van der Waals surface area contributed by atoms with Gasteiger partial charge in [-0.25, -0.2) is 4.98 Å². The van der Waals surface area contributed by atoms with Crippen LogP contribution in [-0.4, -0.2) is 53.3 Å². The number of nitrogens with zero attached hydrogens (tertiary/aromatic N) is 3. The van der Waals surface area contributed by atoms with Crippen molar-refractivity contribution >= 4 is 17.6 Å². The molecule has 0 radical (unpaired) electrons. The number of aromatic nitrogens is 1. The van der Waals surface area contributed by atoms with Gasteiger partial charge in [-0.2, -0.15) is 0 Å². The van der Waals surface area contributed by atoms with E-state index in [2.05, 4.69) is 41.5 Å². The Labute approximate surface area is 153 Å². The molecule has 0 spiro atoms. The number of benzene rings is 1. The molecular formula is C20H24N4O2. The molecular weight excluding hydrogens is 328 g/mol. The molecule has 1 aliphatic rings. The number of pyridine rings is 1. The van der Waals surface area contributed by atoms with Gasteiger partial charge in [-0.1, -0.05) is 29.8 Å². The van der Waals surface area contributed by atoms with Crippen LogP contribution in [0.2, 0.25) is 0 Å². The van der Waals surface area contributed by atoms with Crippen molar-refractivity contribution in [2.45, 2.75) is 25.9 Å². The third kappa shape index (κ3) is 4.02. The van der Waals surface area contributed by atoms with E-state index < -0.39 is 0 Å². The van der Waals surface area contributed by atoms with Gasteiger partial charge in [0, 0.05) is 33.4 Å². The molecule has 1 aromatic heterocycles. The summed E-state index contributed by atoms with van der Waals surface area (Å²) in [4.78, 5) is 32.2. The summed E-state index contributed by atoms with van der Waals surface area (Å²) in [5.74, 6) is 0.599. The van der Waals surface area contributed by atoms with Crippen LogP contribution in [0, 0.1) is 6.92 Å². The summed E-state index contributed by atoms with van der Waals surface area (Å²) < 4.78 is 0. The molecule has 26 heavy (non-hydrogen) atoms. The summed E-state index contributed by atoms with van der Waals surface area (Å²) in [6, 6.07) is 11.4. The summed E-state index contributed by atoms with van der Waals surface area (Å²) in [7, 11) is 3.41. The van der Waals surface area contributed by atoms with Crippen LogP contribution in [0.15, 0.2) is 42.6 Å². The first-order valence-corrected chi connectivity index (χ1v) is 8.72. The normalized spacial score (nSPS) is 16.7. The van der Waals surface area contributed by atoms with E-state index in [4.69, 9.17) is 0 Å². The topological polar surface area (TPSA) is 65.5 Å². The summed E-state index contributed by atoms with van der Waals surface area (Å²) in [6.07, 6.45) is 2.28. The third-order valence-electron chi connectivity index (χ3n) is 4.53. The summed E-state index contributed by atoms with van der Waals surface area (Å²) in [5, 5.41) is 3.18. The molecule has 1 aromatic carbocycles. The highest BCUT2D eigenvalue weighted by Gasteiger charge is 2.31. The minimum Gasteiger partial charge on any atom is -0.358 e. The van der Waals surface area contributed by atoms with Crippen LogP contribution in [-0.2, 0) is 11.3 Å². The number of carbonyl (C=O) groups excluding carboxylic acids is 2. The number of aryl methyl sites for hydroxylation is 1. The molecule has 1 atom stereocenters. The lowest BCUT2D eigenvalue weighted by Crippen LogP contribution is -2.33. The minimum atomic E-state index is -0.275. The van der Waals surface area contributed by atoms with Gasteiger partial charge in [-0.15, -0.1) is 0 Å². The molecule has 1 fully saturated rings. The number of nitrogens with one attached hydrogen (secondary N) is 1.